The second kappa shape index (κ2) is 9.62. The fourth-order valence-electron chi connectivity index (χ4n) is 2.35. The van der Waals surface area contributed by atoms with Gasteiger partial charge in [0.05, 0.1) is 18.4 Å². The Balaban J connectivity index is 2.05. The lowest BCUT2D eigenvalue weighted by Crippen LogP contribution is -2.32. The fourth-order valence-corrected chi connectivity index (χ4v) is 2.35. The Labute approximate surface area is 159 Å². The lowest BCUT2D eigenvalue weighted by molar-refractivity contribution is -0.122. The first-order valence-electron chi connectivity index (χ1n) is 8.89. The van der Waals surface area contributed by atoms with E-state index in [1.165, 1.54) is 0 Å². The zero-order valence-corrected chi connectivity index (χ0v) is 16.1. The average molecular weight is 370 g/mol. The van der Waals surface area contributed by atoms with E-state index >= 15 is 0 Å². The number of nitrogens with one attached hydrogen (secondary N) is 2. The standard InChI is InChI=1S/C21H26N2O4/c1-14(2)13-22-21(25)18-10-5-6-11-19(18)23-20(24)15(3)27-17-9-7-8-16(12-17)26-4/h5-12,14-15H,13H2,1-4H3,(H,22,25)(H,23,24)/t15-/m0/s1. The van der Waals surface area contributed by atoms with Gasteiger partial charge in [-0.3, -0.25) is 9.59 Å². The van der Waals surface area contributed by atoms with Gasteiger partial charge in [0.25, 0.3) is 11.8 Å². The highest BCUT2D eigenvalue weighted by Gasteiger charge is 2.18. The number of benzene rings is 2. The van der Waals surface area contributed by atoms with Crippen molar-refractivity contribution in [3.05, 3.63) is 54.1 Å². The first-order valence-corrected chi connectivity index (χ1v) is 8.89. The maximum absolute atomic E-state index is 12.5. The predicted molar refractivity (Wildman–Crippen MR) is 105 cm³/mol. The number of carbonyl (C=O) groups is 2. The summed E-state index contributed by atoms with van der Waals surface area (Å²) in [7, 11) is 1.57. The molecule has 6 heteroatoms. The summed E-state index contributed by atoms with van der Waals surface area (Å²) in [5.74, 6) is 0.946. The molecule has 2 amide bonds. The zero-order chi connectivity index (χ0) is 19.8. The van der Waals surface area contributed by atoms with Crippen molar-refractivity contribution < 1.29 is 19.1 Å². The third-order valence-corrected chi connectivity index (χ3v) is 3.82. The lowest BCUT2D eigenvalue weighted by atomic mass is 10.1. The van der Waals surface area contributed by atoms with Crippen molar-refractivity contribution in [2.75, 3.05) is 19.0 Å². The molecule has 0 aliphatic heterocycles. The van der Waals surface area contributed by atoms with Crippen molar-refractivity contribution in [3.63, 3.8) is 0 Å². The second-order valence-electron chi connectivity index (χ2n) is 6.58. The molecular formula is C21H26N2O4. The van der Waals surface area contributed by atoms with Crippen LogP contribution < -0.4 is 20.1 Å². The van der Waals surface area contributed by atoms with E-state index < -0.39 is 6.10 Å². The van der Waals surface area contributed by atoms with Gasteiger partial charge in [-0.15, -0.1) is 0 Å². The molecule has 2 aromatic rings. The molecule has 0 heterocycles. The Bertz CT molecular complexity index is 789. The van der Waals surface area contributed by atoms with E-state index in [4.69, 9.17) is 9.47 Å². The van der Waals surface area contributed by atoms with Gasteiger partial charge < -0.3 is 20.1 Å². The van der Waals surface area contributed by atoms with Crippen LogP contribution in [0.4, 0.5) is 5.69 Å². The molecule has 0 aliphatic rings. The normalized spacial score (nSPS) is 11.6. The van der Waals surface area contributed by atoms with Crippen molar-refractivity contribution >= 4 is 17.5 Å². The molecule has 2 aromatic carbocycles. The van der Waals surface area contributed by atoms with Crippen LogP contribution in [-0.4, -0.2) is 31.6 Å². The molecule has 1 atom stereocenters. The fraction of sp³-hybridized carbons (Fsp3) is 0.333. The number of hydrogen-bond acceptors (Lipinski definition) is 4. The van der Waals surface area contributed by atoms with Crippen molar-refractivity contribution in [2.45, 2.75) is 26.9 Å². The highest BCUT2D eigenvalue weighted by atomic mass is 16.5. The van der Waals surface area contributed by atoms with E-state index in [1.54, 1.807) is 62.6 Å². The van der Waals surface area contributed by atoms with Crippen molar-refractivity contribution in [3.8, 4) is 11.5 Å². The van der Waals surface area contributed by atoms with E-state index in [1.807, 2.05) is 13.8 Å². The largest absolute Gasteiger partial charge is 0.497 e. The Morgan fingerprint density at radius 3 is 2.41 bits per heavy atom. The van der Waals surface area contributed by atoms with Crippen LogP contribution in [0.15, 0.2) is 48.5 Å². The number of amides is 2. The van der Waals surface area contributed by atoms with Gasteiger partial charge in [-0.25, -0.2) is 0 Å². The molecular weight excluding hydrogens is 344 g/mol. The number of carbonyl (C=O) groups excluding carboxylic acids is 2. The highest BCUT2D eigenvalue weighted by molar-refractivity contribution is 6.04. The Hall–Kier alpha value is -3.02. The van der Waals surface area contributed by atoms with Gasteiger partial charge >= 0.3 is 0 Å². The molecule has 27 heavy (non-hydrogen) atoms. The summed E-state index contributed by atoms with van der Waals surface area (Å²) in [4.78, 5) is 24.9. The number of hydrogen-bond donors (Lipinski definition) is 2. The topological polar surface area (TPSA) is 76.7 Å². The van der Waals surface area contributed by atoms with E-state index in [2.05, 4.69) is 10.6 Å². The first kappa shape index (κ1) is 20.3. The zero-order valence-electron chi connectivity index (χ0n) is 16.1. The Morgan fingerprint density at radius 2 is 1.70 bits per heavy atom. The van der Waals surface area contributed by atoms with Crippen LogP contribution >= 0.6 is 0 Å². The van der Waals surface area contributed by atoms with Crippen LogP contribution in [0.1, 0.15) is 31.1 Å². The molecule has 0 saturated heterocycles. The van der Waals surface area contributed by atoms with E-state index in [-0.39, 0.29) is 11.8 Å². The monoisotopic (exact) mass is 370 g/mol. The minimum atomic E-state index is -0.746. The molecule has 0 radical (unpaired) electrons. The van der Waals surface area contributed by atoms with Gasteiger partial charge in [-0.05, 0) is 37.1 Å². The SMILES string of the molecule is COc1cccc(O[C@@H](C)C(=O)Nc2ccccc2C(=O)NCC(C)C)c1. The summed E-state index contributed by atoms with van der Waals surface area (Å²) < 4.78 is 10.8. The van der Waals surface area contributed by atoms with Crippen LogP contribution in [0.2, 0.25) is 0 Å². The molecule has 6 nitrogen and oxygen atoms in total. The first-order chi connectivity index (χ1) is 12.9. The number of para-hydroxylation sites is 1. The van der Waals surface area contributed by atoms with Crippen LogP contribution in [0.5, 0.6) is 11.5 Å². The maximum atomic E-state index is 12.5. The molecule has 0 spiro atoms. The van der Waals surface area contributed by atoms with Crippen LogP contribution in [0.3, 0.4) is 0 Å². The molecule has 0 unspecified atom stereocenters. The summed E-state index contributed by atoms with van der Waals surface area (Å²) >= 11 is 0. The van der Waals surface area contributed by atoms with Gasteiger partial charge in [-0.2, -0.15) is 0 Å². The predicted octanol–water partition coefficient (Wildman–Crippen LogP) is 3.49. The van der Waals surface area contributed by atoms with Gasteiger partial charge in [0, 0.05) is 12.6 Å². The van der Waals surface area contributed by atoms with Crippen LogP contribution in [-0.2, 0) is 4.79 Å². The third kappa shape index (κ3) is 6.02. The van der Waals surface area contributed by atoms with E-state index in [9.17, 15) is 9.59 Å². The summed E-state index contributed by atoms with van der Waals surface area (Å²) in [5.41, 5.74) is 0.866. The van der Waals surface area contributed by atoms with Crippen molar-refractivity contribution in [1.82, 2.24) is 5.32 Å². The molecule has 0 bridgehead atoms. The summed E-state index contributed by atoms with van der Waals surface area (Å²) in [6, 6.07) is 13.9. The molecule has 0 aliphatic carbocycles. The van der Waals surface area contributed by atoms with Gasteiger partial charge in [0.1, 0.15) is 11.5 Å². The molecule has 0 fully saturated rings. The van der Waals surface area contributed by atoms with Gasteiger partial charge in [0.15, 0.2) is 6.10 Å². The second-order valence-corrected chi connectivity index (χ2v) is 6.58. The van der Waals surface area contributed by atoms with Crippen molar-refractivity contribution in [1.29, 1.82) is 0 Å². The van der Waals surface area contributed by atoms with Crippen LogP contribution in [0, 0.1) is 5.92 Å². The maximum Gasteiger partial charge on any atom is 0.265 e. The van der Waals surface area contributed by atoms with E-state index in [0.29, 0.717) is 35.2 Å². The van der Waals surface area contributed by atoms with E-state index in [0.717, 1.165) is 0 Å². The van der Waals surface area contributed by atoms with Gasteiger partial charge in [0.2, 0.25) is 0 Å². The lowest BCUT2D eigenvalue weighted by Gasteiger charge is -2.17. The summed E-state index contributed by atoms with van der Waals surface area (Å²) in [5, 5.41) is 5.63. The Morgan fingerprint density at radius 1 is 1.00 bits per heavy atom. The third-order valence-electron chi connectivity index (χ3n) is 3.82. The molecule has 0 saturated carbocycles. The molecule has 144 valence electrons. The van der Waals surface area contributed by atoms with Gasteiger partial charge in [-0.1, -0.05) is 32.0 Å². The minimum Gasteiger partial charge on any atom is -0.497 e. The number of anilines is 1. The number of rotatable bonds is 8. The average Bonchev–Trinajstić information content (AvgIpc) is 2.66. The quantitative estimate of drug-likeness (QED) is 0.746. The molecule has 0 aromatic heterocycles. The number of methoxy groups -OCH3 is 1. The smallest absolute Gasteiger partial charge is 0.265 e. The van der Waals surface area contributed by atoms with Crippen LogP contribution in [0.25, 0.3) is 0 Å². The summed E-state index contributed by atoms with van der Waals surface area (Å²) in [6.07, 6.45) is -0.746. The Kier molecular flexibility index (Phi) is 7.23. The molecule has 2 rings (SSSR count). The molecule has 2 N–H and O–H groups in total. The highest BCUT2D eigenvalue weighted by Crippen LogP contribution is 2.21. The minimum absolute atomic E-state index is 0.221. The van der Waals surface area contributed by atoms with Crippen molar-refractivity contribution in [2.24, 2.45) is 5.92 Å². The number of ether oxygens (including phenoxy) is 2. The summed E-state index contributed by atoms with van der Waals surface area (Å²) in [6.45, 7) is 6.25.